The SMILES string of the molecule is CCOC(=O)c1c(C)[nH]c(=O)c(C#N)c1S. The maximum absolute atomic E-state index is 11.6. The fourth-order valence-corrected chi connectivity index (χ4v) is 1.67. The molecular formula is C10H10N2O3S. The first-order valence-corrected chi connectivity index (χ1v) is 5.00. The number of carbonyl (C=O) groups excluding carboxylic acids is 1. The Kier molecular flexibility index (Phi) is 3.74. The number of esters is 1. The quantitative estimate of drug-likeness (QED) is 0.595. The molecule has 0 aromatic carbocycles. The number of aromatic amines is 1. The van der Waals surface area contributed by atoms with Gasteiger partial charge >= 0.3 is 5.97 Å². The number of hydrogen-bond acceptors (Lipinski definition) is 5. The molecule has 0 aliphatic carbocycles. The fourth-order valence-electron chi connectivity index (χ4n) is 1.26. The van der Waals surface area contributed by atoms with E-state index < -0.39 is 11.5 Å². The molecule has 0 aliphatic rings. The summed E-state index contributed by atoms with van der Waals surface area (Å²) in [7, 11) is 0. The Hall–Kier alpha value is -1.74. The molecule has 1 N–H and O–H groups in total. The van der Waals surface area contributed by atoms with Crippen LogP contribution < -0.4 is 5.56 Å². The van der Waals surface area contributed by atoms with E-state index in [1.807, 2.05) is 0 Å². The largest absolute Gasteiger partial charge is 0.462 e. The summed E-state index contributed by atoms with van der Waals surface area (Å²) in [5.41, 5.74) is -0.274. The number of aromatic nitrogens is 1. The van der Waals surface area contributed by atoms with E-state index in [9.17, 15) is 9.59 Å². The minimum Gasteiger partial charge on any atom is -0.462 e. The van der Waals surface area contributed by atoms with E-state index in [2.05, 4.69) is 17.6 Å². The van der Waals surface area contributed by atoms with E-state index in [1.165, 1.54) is 0 Å². The zero-order chi connectivity index (χ0) is 12.3. The van der Waals surface area contributed by atoms with Crippen molar-refractivity contribution in [3.8, 4) is 6.07 Å². The number of aryl methyl sites for hydroxylation is 1. The lowest BCUT2D eigenvalue weighted by atomic mass is 10.1. The van der Waals surface area contributed by atoms with Crippen LogP contribution in [0.15, 0.2) is 9.69 Å². The number of nitriles is 1. The predicted octanol–water partition coefficient (Wildman–Crippen LogP) is 1.02. The van der Waals surface area contributed by atoms with E-state index in [0.29, 0.717) is 5.69 Å². The Balaban J connectivity index is 3.47. The number of rotatable bonds is 2. The average molecular weight is 238 g/mol. The van der Waals surface area contributed by atoms with E-state index in [0.717, 1.165) is 0 Å². The summed E-state index contributed by atoms with van der Waals surface area (Å²) >= 11 is 4.02. The number of pyridine rings is 1. The van der Waals surface area contributed by atoms with Gasteiger partial charge in [-0.25, -0.2) is 4.79 Å². The highest BCUT2D eigenvalue weighted by atomic mass is 32.1. The average Bonchev–Trinajstić information content (AvgIpc) is 2.17. The van der Waals surface area contributed by atoms with Gasteiger partial charge in [-0.2, -0.15) is 5.26 Å². The van der Waals surface area contributed by atoms with Crippen molar-refractivity contribution in [2.24, 2.45) is 0 Å². The topological polar surface area (TPSA) is 83.0 Å². The number of ether oxygens (including phenoxy) is 1. The van der Waals surface area contributed by atoms with Crippen LogP contribution in [0.2, 0.25) is 0 Å². The Morgan fingerprint density at radius 2 is 2.25 bits per heavy atom. The van der Waals surface area contributed by atoms with Gasteiger partial charge in [0.15, 0.2) is 0 Å². The summed E-state index contributed by atoms with van der Waals surface area (Å²) in [5, 5.41) is 8.76. The number of hydrogen-bond donors (Lipinski definition) is 2. The highest BCUT2D eigenvalue weighted by Crippen LogP contribution is 2.18. The third-order valence-electron chi connectivity index (χ3n) is 1.97. The molecule has 16 heavy (non-hydrogen) atoms. The molecule has 6 heteroatoms. The second-order valence-corrected chi connectivity index (χ2v) is 3.46. The highest BCUT2D eigenvalue weighted by molar-refractivity contribution is 7.80. The van der Waals surface area contributed by atoms with E-state index in [4.69, 9.17) is 10.00 Å². The maximum Gasteiger partial charge on any atom is 0.341 e. The normalized spacial score (nSPS) is 9.62. The molecule has 0 radical (unpaired) electrons. The second-order valence-electron chi connectivity index (χ2n) is 3.01. The van der Waals surface area contributed by atoms with Gasteiger partial charge in [-0.3, -0.25) is 4.79 Å². The van der Waals surface area contributed by atoms with E-state index in [1.54, 1.807) is 19.9 Å². The van der Waals surface area contributed by atoms with Gasteiger partial charge in [0.2, 0.25) is 0 Å². The lowest BCUT2D eigenvalue weighted by Crippen LogP contribution is -2.19. The molecule has 0 unspecified atom stereocenters. The van der Waals surface area contributed by atoms with E-state index in [-0.39, 0.29) is 22.6 Å². The van der Waals surface area contributed by atoms with Crippen molar-refractivity contribution >= 4 is 18.6 Å². The van der Waals surface area contributed by atoms with Gasteiger partial charge in [0.1, 0.15) is 11.6 Å². The van der Waals surface area contributed by atoms with Gasteiger partial charge < -0.3 is 9.72 Å². The molecule has 1 aromatic heterocycles. The van der Waals surface area contributed by atoms with Gasteiger partial charge in [-0.05, 0) is 13.8 Å². The summed E-state index contributed by atoms with van der Waals surface area (Å²) < 4.78 is 4.81. The molecule has 0 spiro atoms. The maximum atomic E-state index is 11.6. The zero-order valence-corrected chi connectivity index (χ0v) is 9.72. The first kappa shape index (κ1) is 12.3. The number of thiol groups is 1. The highest BCUT2D eigenvalue weighted by Gasteiger charge is 2.19. The van der Waals surface area contributed by atoms with Crippen LogP contribution in [0.25, 0.3) is 0 Å². The molecule has 0 saturated carbocycles. The Bertz CT molecular complexity index is 528. The van der Waals surface area contributed by atoms with Crippen LogP contribution in [0, 0.1) is 18.3 Å². The summed E-state index contributed by atoms with van der Waals surface area (Å²) in [4.78, 5) is 25.4. The third-order valence-corrected chi connectivity index (χ3v) is 2.42. The molecule has 0 aliphatic heterocycles. The summed E-state index contributed by atoms with van der Waals surface area (Å²) in [6.45, 7) is 3.43. The van der Waals surface area contributed by atoms with Crippen LogP contribution in [0.1, 0.15) is 28.5 Å². The minimum absolute atomic E-state index is 0.0576. The monoisotopic (exact) mass is 238 g/mol. The smallest absolute Gasteiger partial charge is 0.341 e. The molecular weight excluding hydrogens is 228 g/mol. The molecule has 0 atom stereocenters. The lowest BCUT2D eigenvalue weighted by Gasteiger charge is -2.08. The van der Waals surface area contributed by atoms with Gasteiger partial charge in [0.25, 0.3) is 5.56 Å². The van der Waals surface area contributed by atoms with Crippen LogP contribution in [0.5, 0.6) is 0 Å². The first-order chi connectivity index (χ1) is 7.52. The molecule has 0 fully saturated rings. The predicted molar refractivity (Wildman–Crippen MR) is 59.7 cm³/mol. The number of H-pyrrole nitrogens is 1. The van der Waals surface area contributed by atoms with Gasteiger partial charge in [-0.15, -0.1) is 12.6 Å². The van der Waals surface area contributed by atoms with Crippen molar-refractivity contribution in [1.82, 2.24) is 4.98 Å². The van der Waals surface area contributed by atoms with Crippen molar-refractivity contribution in [3.63, 3.8) is 0 Å². The number of carbonyl (C=O) groups is 1. The lowest BCUT2D eigenvalue weighted by molar-refractivity contribution is 0.0520. The summed E-state index contributed by atoms with van der Waals surface area (Å²) in [6, 6.07) is 1.70. The van der Waals surface area contributed by atoms with Crippen LogP contribution in [-0.4, -0.2) is 17.6 Å². The fraction of sp³-hybridized carbons (Fsp3) is 0.300. The third kappa shape index (κ3) is 2.09. The zero-order valence-electron chi connectivity index (χ0n) is 8.83. The van der Waals surface area contributed by atoms with Crippen LogP contribution in [0.3, 0.4) is 0 Å². The van der Waals surface area contributed by atoms with Crippen molar-refractivity contribution in [3.05, 3.63) is 27.2 Å². The van der Waals surface area contributed by atoms with Crippen molar-refractivity contribution < 1.29 is 9.53 Å². The minimum atomic E-state index is -0.599. The van der Waals surface area contributed by atoms with Crippen LogP contribution in [-0.2, 0) is 4.74 Å². The Morgan fingerprint density at radius 1 is 1.62 bits per heavy atom. The molecule has 0 amide bonds. The standard InChI is InChI=1S/C10H10N2O3S/c1-3-15-10(14)7-5(2)12-9(13)6(4-11)8(7)16/h3H2,1-2H3,(H2,12,13,16). The van der Waals surface area contributed by atoms with Crippen molar-refractivity contribution in [2.75, 3.05) is 6.61 Å². The van der Waals surface area contributed by atoms with Gasteiger partial charge in [-0.1, -0.05) is 0 Å². The Morgan fingerprint density at radius 3 is 2.75 bits per heavy atom. The first-order valence-electron chi connectivity index (χ1n) is 4.56. The number of nitrogens with zero attached hydrogens (tertiary/aromatic N) is 1. The van der Waals surface area contributed by atoms with Crippen LogP contribution >= 0.6 is 12.6 Å². The van der Waals surface area contributed by atoms with E-state index >= 15 is 0 Å². The number of nitrogens with one attached hydrogen (secondary N) is 1. The summed E-state index contributed by atoms with van der Waals surface area (Å²) in [5.74, 6) is -0.599. The molecule has 1 heterocycles. The Labute approximate surface area is 97.5 Å². The molecule has 0 bridgehead atoms. The van der Waals surface area contributed by atoms with Gasteiger partial charge in [0.05, 0.1) is 12.2 Å². The molecule has 5 nitrogen and oxygen atoms in total. The molecule has 1 rings (SSSR count). The molecule has 1 aromatic rings. The summed E-state index contributed by atoms with van der Waals surface area (Å²) in [6.07, 6.45) is 0. The molecule has 0 saturated heterocycles. The molecule has 84 valence electrons. The van der Waals surface area contributed by atoms with Gasteiger partial charge in [0, 0.05) is 10.6 Å². The van der Waals surface area contributed by atoms with Crippen molar-refractivity contribution in [1.29, 1.82) is 5.26 Å². The van der Waals surface area contributed by atoms with Crippen molar-refractivity contribution in [2.45, 2.75) is 18.7 Å². The second kappa shape index (κ2) is 4.86. The van der Waals surface area contributed by atoms with Crippen LogP contribution in [0.4, 0.5) is 0 Å².